The van der Waals surface area contributed by atoms with Crippen LogP contribution < -0.4 is 4.90 Å². The molecule has 0 N–H and O–H groups in total. The maximum absolute atomic E-state index is 13.6. The number of para-hydroxylation sites is 1. The minimum atomic E-state index is -0.629. The van der Waals surface area contributed by atoms with Gasteiger partial charge in [-0.25, -0.2) is 0 Å². The smallest absolute Gasteiger partial charge is 0.256 e. The van der Waals surface area contributed by atoms with Gasteiger partial charge in [-0.05, 0) is 18.1 Å². The Bertz CT molecular complexity index is 822. The van der Waals surface area contributed by atoms with Crippen molar-refractivity contribution in [2.75, 3.05) is 44.4 Å². The lowest BCUT2D eigenvalue weighted by atomic mass is 10.0. The number of ether oxygens (including phenoxy) is 2. The van der Waals surface area contributed by atoms with Crippen LogP contribution in [0.4, 0.5) is 5.69 Å². The van der Waals surface area contributed by atoms with Crippen molar-refractivity contribution in [2.45, 2.75) is 44.5 Å². The van der Waals surface area contributed by atoms with Gasteiger partial charge >= 0.3 is 0 Å². The zero-order chi connectivity index (χ0) is 20.2. The molecule has 5 rings (SSSR count). The number of nitrogens with zero attached hydrogens (tertiary/aromatic N) is 3. The molecule has 4 saturated heterocycles. The van der Waals surface area contributed by atoms with Crippen molar-refractivity contribution in [1.29, 1.82) is 0 Å². The minimum Gasteiger partial charge on any atom is -0.378 e. The third-order valence-electron chi connectivity index (χ3n) is 7.00. The van der Waals surface area contributed by atoms with Crippen molar-refractivity contribution in [3.63, 3.8) is 0 Å². The van der Waals surface area contributed by atoms with Crippen molar-refractivity contribution in [3.8, 4) is 0 Å². The fourth-order valence-electron chi connectivity index (χ4n) is 5.50. The number of hydrogen-bond donors (Lipinski definition) is 0. The monoisotopic (exact) mass is 399 g/mol. The first-order valence-corrected chi connectivity index (χ1v) is 10.7. The van der Waals surface area contributed by atoms with E-state index in [1.807, 2.05) is 34.1 Å². The van der Waals surface area contributed by atoms with Crippen LogP contribution >= 0.6 is 0 Å². The number of morpholine rings is 1. The van der Waals surface area contributed by atoms with E-state index < -0.39 is 5.72 Å². The number of likely N-dealkylation sites (tertiary alicyclic amines) is 1. The van der Waals surface area contributed by atoms with Gasteiger partial charge in [0, 0.05) is 31.7 Å². The summed E-state index contributed by atoms with van der Waals surface area (Å²) in [7, 11) is 0. The third kappa shape index (κ3) is 2.78. The summed E-state index contributed by atoms with van der Waals surface area (Å²) in [6.07, 6.45) is 1.05. The topological polar surface area (TPSA) is 62.3 Å². The van der Waals surface area contributed by atoms with E-state index in [9.17, 15) is 9.59 Å². The van der Waals surface area contributed by atoms with Crippen LogP contribution in [-0.4, -0.2) is 78.9 Å². The van der Waals surface area contributed by atoms with Gasteiger partial charge in [0.25, 0.3) is 5.91 Å². The Morgan fingerprint density at radius 3 is 2.69 bits per heavy atom. The second kappa shape index (κ2) is 6.99. The second-order valence-corrected chi connectivity index (χ2v) is 8.82. The number of benzene rings is 1. The average Bonchev–Trinajstić information content (AvgIpc) is 3.37. The molecule has 4 aliphatic rings. The predicted molar refractivity (Wildman–Crippen MR) is 108 cm³/mol. The van der Waals surface area contributed by atoms with E-state index in [1.165, 1.54) is 0 Å². The molecule has 3 atom stereocenters. The highest BCUT2D eigenvalue weighted by molar-refractivity contribution is 6.01. The normalized spacial score (nSPS) is 31.6. The lowest BCUT2D eigenvalue weighted by Gasteiger charge is -2.35. The highest BCUT2D eigenvalue weighted by atomic mass is 16.5. The number of amides is 2. The molecule has 0 unspecified atom stereocenters. The van der Waals surface area contributed by atoms with Gasteiger partial charge in [0.1, 0.15) is 0 Å². The van der Waals surface area contributed by atoms with Crippen LogP contribution in [0.3, 0.4) is 0 Å². The van der Waals surface area contributed by atoms with Crippen molar-refractivity contribution < 1.29 is 19.1 Å². The Labute approximate surface area is 171 Å². The van der Waals surface area contributed by atoms with Gasteiger partial charge in [-0.2, -0.15) is 0 Å². The first-order chi connectivity index (χ1) is 14.0. The number of carbonyl (C=O) groups is 2. The van der Waals surface area contributed by atoms with Gasteiger partial charge in [-0.3, -0.25) is 9.59 Å². The van der Waals surface area contributed by atoms with Crippen molar-refractivity contribution >= 4 is 17.5 Å². The number of carbonyl (C=O) groups excluding carboxylic acids is 2. The fraction of sp³-hybridized carbons (Fsp3) is 0.636. The van der Waals surface area contributed by atoms with Crippen LogP contribution in [0, 0.1) is 5.92 Å². The summed E-state index contributed by atoms with van der Waals surface area (Å²) in [6, 6.07) is 7.69. The summed E-state index contributed by atoms with van der Waals surface area (Å²) >= 11 is 0. The molecule has 0 bridgehead atoms. The summed E-state index contributed by atoms with van der Waals surface area (Å²) in [5.74, 6) is 0.453. The maximum Gasteiger partial charge on any atom is 0.256 e. The van der Waals surface area contributed by atoms with Crippen LogP contribution in [0.5, 0.6) is 0 Å². The Balaban J connectivity index is 1.44. The van der Waals surface area contributed by atoms with Crippen molar-refractivity contribution in [1.82, 2.24) is 9.80 Å². The Morgan fingerprint density at radius 1 is 1.17 bits per heavy atom. The van der Waals surface area contributed by atoms with Gasteiger partial charge < -0.3 is 24.2 Å². The highest BCUT2D eigenvalue weighted by Gasteiger charge is 2.65. The van der Waals surface area contributed by atoms with Gasteiger partial charge in [0.2, 0.25) is 5.91 Å². The SMILES string of the molecule is CC(C)[C@@H]1CO[C@@]23CCN(C(=O)c4ccccc4N4CCOCC4)[C@@H]2CC(=O)N13. The quantitative estimate of drug-likeness (QED) is 0.775. The molecule has 0 aliphatic carbocycles. The molecule has 0 aromatic heterocycles. The van der Waals surface area contributed by atoms with E-state index in [0.29, 0.717) is 50.7 Å². The average molecular weight is 399 g/mol. The van der Waals surface area contributed by atoms with Gasteiger partial charge in [0.15, 0.2) is 5.72 Å². The van der Waals surface area contributed by atoms with E-state index in [2.05, 4.69) is 18.7 Å². The molecule has 7 heteroatoms. The van der Waals surface area contributed by atoms with Crippen LogP contribution in [0.25, 0.3) is 0 Å². The molecular formula is C22H29N3O4. The molecule has 1 spiro atoms. The van der Waals surface area contributed by atoms with E-state index in [-0.39, 0.29) is 23.9 Å². The molecular weight excluding hydrogens is 370 g/mol. The van der Waals surface area contributed by atoms with Gasteiger partial charge in [-0.15, -0.1) is 0 Å². The first kappa shape index (κ1) is 18.9. The summed E-state index contributed by atoms with van der Waals surface area (Å²) in [5.41, 5.74) is 1.03. The van der Waals surface area contributed by atoms with Gasteiger partial charge in [0.05, 0.1) is 43.9 Å². The summed E-state index contributed by atoms with van der Waals surface area (Å²) in [4.78, 5) is 32.6. The van der Waals surface area contributed by atoms with E-state index in [0.717, 1.165) is 18.8 Å². The van der Waals surface area contributed by atoms with E-state index in [1.54, 1.807) is 0 Å². The first-order valence-electron chi connectivity index (χ1n) is 10.7. The summed E-state index contributed by atoms with van der Waals surface area (Å²) < 4.78 is 11.7. The molecule has 2 amide bonds. The predicted octanol–water partition coefficient (Wildman–Crippen LogP) is 1.72. The molecule has 156 valence electrons. The number of anilines is 1. The molecule has 4 aliphatic heterocycles. The van der Waals surface area contributed by atoms with Crippen molar-refractivity contribution in [3.05, 3.63) is 29.8 Å². The standard InChI is InChI=1S/C22H29N3O4/c1-15(2)18-14-29-22-7-8-24(19(22)13-20(26)25(18)22)21(27)16-5-3-4-6-17(16)23-9-11-28-12-10-23/h3-6,15,18-19H,7-14H2,1-2H3/t18-,19+,22-/m0/s1. The summed E-state index contributed by atoms with van der Waals surface area (Å²) in [5, 5.41) is 0. The van der Waals surface area contributed by atoms with Gasteiger partial charge in [-0.1, -0.05) is 26.0 Å². The minimum absolute atomic E-state index is 0.000198. The van der Waals surface area contributed by atoms with E-state index in [4.69, 9.17) is 9.47 Å². The van der Waals surface area contributed by atoms with E-state index >= 15 is 0 Å². The Morgan fingerprint density at radius 2 is 1.93 bits per heavy atom. The van der Waals surface area contributed by atoms with Crippen LogP contribution in [-0.2, 0) is 14.3 Å². The molecule has 1 aromatic rings. The second-order valence-electron chi connectivity index (χ2n) is 8.82. The zero-order valence-electron chi connectivity index (χ0n) is 17.2. The van der Waals surface area contributed by atoms with Crippen molar-refractivity contribution in [2.24, 2.45) is 5.92 Å². The fourth-order valence-corrected chi connectivity index (χ4v) is 5.50. The lowest BCUT2D eigenvalue weighted by Crippen LogP contribution is -2.51. The molecule has 1 aromatic carbocycles. The Hall–Kier alpha value is -2.12. The van der Waals surface area contributed by atoms with Crippen LogP contribution in [0.2, 0.25) is 0 Å². The molecule has 0 radical (unpaired) electrons. The molecule has 29 heavy (non-hydrogen) atoms. The Kier molecular flexibility index (Phi) is 4.55. The van der Waals surface area contributed by atoms with Crippen LogP contribution in [0.1, 0.15) is 37.0 Å². The number of hydrogen-bond acceptors (Lipinski definition) is 5. The third-order valence-corrected chi connectivity index (χ3v) is 7.00. The largest absolute Gasteiger partial charge is 0.378 e. The molecule has 4 heterocycles. The number of rotatable bonds is 3. The molecule has 0 saturated carbocycles. The lowest BCUT2D eigenvalue weighted by molar-refractivity contribution is -0.139. The zero-order valence-corrected chi connectivity index (χ0v) is 17.2. The molecule has 4 fully saturated rings. The summed E-state index contributed by atoms with van der Waals surface area (Å²) in [6.45, 7) is 8.35. The van der Waals surface area contributed by atoms with Crippen LogP contribution in [0.15, 0.2) is 24.3 Å². The highest BCUT2D eigenvalue weighted by Crippen LogP contribution is 2.49. The maximum atomic E-state index is 13.6. The molecule has 7 nitrogen and oxygen atoms in total.